The summed E-state index contributed by atoms with van der Waals surface area (Å²) >= 11 is 0. The van der Waals surface area contributed by atoms with Crippen LogP contribution in [0.3, 0.4) is 0 Å². The first-order valence-electron chi connectivity index (χ1n) is 10.2. The topological polar surface area (TPSA) is 63.2 Å². The fourth-order valence-corrected chi connectivity index (χ4v) is 3.62. The van der Waals surface area contributed by atoms with Gasteiger partial charge in [-0.2, -0.15) is 0 Å². The van der Waals surface area contributed by atoms with Gasteiger partial charge >= 0.3 is 0 Å². The van der Waals surface area contributed by atoms with Crippen molar-refractivity contribution < 1.29 is 4.79 Å². The third-order valence-corrected chi connectivity index (χ3v) is 5.26. The predicted octanol–water partition coefficient (Wildman–Crippen LogP) is 0.436. The van der Waals surface area contributed by atoms with Crippen LogP contribution in [0.15, 0.2) is 4.99 Å². The number of piperazine rings is 1. The van der Waals surface area contributed by atoms with Crippen molar-refractivity contribution in [2.45, 2.75) is 39.7 Å². The normalized spacial score (nSPS) is 23.9. The zero-order valence-electron chi connectivity index (χ0n) is 17.1. The van der Waals surface area contributed by atoms with Crippen molar-refractivity contribution in [3.05, 3.63) is 0 Å². The fourth-order valence-electron chi connectivity index (χ4n) is 3.62. The standard InChI is InChI=1S/C19H38N6O/c1-5-18(26)25-8-7-17(15-25)22-19(20-6-2)21-13-16(3)14-24-11-9-23(4)10-12-24/h16-17H,5-15H2,1-4H3,(H2,20,21,22). The van der Waals surface area contributed by atoms with E-state index in [0.717, 1.165) is 71.3 Å². The molecule has 0 aromatic heterocycles. The van der Waals surface area contributed by atoms with E-state index in [9.17, 15) is 4.79 Å². The van der Waals surface area contributed by atoms with Crippen molar-refractivity contribution >= 4 is 11.9 Å². The number of carbonyl (C=O) groups is 1. The zero-order valence-corrected chi connectivity index (χ0v) is 17.1. The molecule has 150 valence electrons. The highest BCUT2D eigenvalue weighted by Crippen LogP contribution is 2.10. The third kappa shape index (κ3) is 6.76. The summed E-state index contributed by atoms with van der Waals surface area (Å²) in [7, 11) is 2.19. The quantitative estimate of drug-likeness (QED) is 0.506. The second-order valence-electron chi connectivity index (χ2n) is 7.75. The maximum atomic E-state index is 11.8. The monoisotopic (exact) mass is 366 g/mol. The van der Waals surface area contributed by atoms with Crippen LogP contribution >= 0.6 is 0 Å². The number of hydrogen-bond acceptors (Lipinski definition) is 4. The van der Waals surface area contributed by atoms with Crippen LogP contribution in [0.25, 0.3) is 0 Å². The largest absolute Gasteiger partial charge is 0.357 e. The Kier molecular flexibility index (Phi) is 8.65. The molecular formula is C19H38N6O. The first-order chi connectivity index (χ1) is 12.5. The summed E-state index contributed by atoms with van der Waals surface area (Å²) in [5, 5.41) is 6.86. The average Bonchev–Trinajstić information content (AvgIpc) is 3.10. The first kappa shape index (κ1) is 21.0. The number of aliphatic imine (C=N–C) groups is 1. The van der Waals surface area contributed by atoms with E-state index in [0.29, 0.717) is 18.4 Å². The van der Waals surface area contributed by atoms with Crippen molar-refractivity contribution in [1.82, 2.24) is 25.3 Å². The molecule has 1 amide bonds. The van der Waals surface area contributed by atoms with E-state index in [4.69, 9.17) is 4.99 Å². The highest BCUT2D eigenvalue weighted by molar-refractivity contribution is 5.80. The fraction of sp³-hybridized carbons (Fsp3) is 0.895. The molecule has 0 spiro atoms. The van der Waals surface area contributed by atoms with Crippen molar-refractivity contribution in [1.29, 1.82) is 0 Å². The van der Waals surface area contributed by atoms with Gasteiger partial charge < -0.3 is 25.3 Å². The van der Waals surface area contributed by atoms with Crippen LogP contribution in [0.1, 0.15) is 33.6 Å². The predicted molar refractivity (Wildman–Crippen MR) is 107 cm³/mol. The first-order valence-corrected chi connectivity index (χ1v) is 10.2. The van der Waals surface area contributed by atoms with Gasteiger partial charge in [-0.25, -0.2) is 0 Å². The molecule has 2 heterocycles. The summed E-state index contributed by atoms with van der Waals surface area (Å²) < 4.78 is 0. The van der Waals surface area contributed by atoms with Crippen LogP contribution in [0.4, 0.5) is 0 Å². The Morgan fingerprint density at radius 2 is 1.92 bits per heavy atom. The van der Waals surface area contributed by atoms with Gasteiger partial charge in [-0.3, -0.25) is 9.79 Å². The van der Waals surface area contributed by atoms with E-state index in [-0.39, 0.29) is 5.91 Å². The van der Waals surface area contributed by atoms with E-state index in [1.165, 1.54) is 0 Å². The third-order valence-electron chi connectivity index (χ3n) is 5.26. The molecule has 2 rings (SSSR count). The number of likely N-dealkylation sites (tertiary alicyclic amines) is 1. The number of rotatable bonds is 7. The van der Waals surface area contributed by atoms with E-state index >= 15 is 0 Å². The maximum absolute atomic E-state index is 11.8. The SMILES string of the molecule is CCNC(=NCC(C)CN1CCN(C)CC1)NC1CCN(C(=O)CC)C1. The van der Waals surface area contributed by atoms with Gasteiger partial charge in [0.15, 0.2) is 5.96 Å². The van der Waals surface area contributed by atoms with Crippen LogP contribution in [0.2, 0.25) is 0 Å². The minimum atomic E-state index is 0.247. The zero-order chi connectivity index (χ0) is 18.9. The molecule has 0 bridgehead atoms. The van der Waals surface area contributed by atoms with Crippen molar-refractivity contribution in [3.63, 3.8) is 0 Å². The van der Waals surface area contributed by atoms with Crippen LogP contribution in [-0.4, -0.2) is 98.6 Å². The van der Waals surface area contributed by atoms with Crippen molar-refractivity contribution in [2.24, 2.45) is 10.9 Å². The number of guanidine groups is 1. The van der Waals surface area contributed by atoms with E-state index < -0.39 is 0 Å². The van der Waals surface area contributed by atoms with Crippen LogP contribution in [-0.2, 0) is 4.79 Å². The Bertz CT molecular complexity index is 461. The number of likely N-dealkylation sites (N-methyl/N-ethyl adjacent to an activating group) is 1. The molecule has 26 heavy (non-hydrogen) atoms. The molecule has 7 nitrogen and oxygen atoms in total. The van der Waals surface area contributed by atoms with Gasteiger partial charge in [-0.05, 0) is 26.3 Å². The van der Waals surface area contributed by atoms with Gasteiger partial charge in [-0.1, -0.05) is 13.8 Å². The molecule has 0 saturated carbocycles. The van der Waals surface area contributed by atoms with Crippen molar-refractivity contribution in [3.8, 4) is 0 Å². The van der Waals surface area contributed by atoms with Gasteiger partial charge in [0.2, 0.25) is 5.91 Å². The summed E-state index contributed by atoms with van der Waals surface area (Å²) in [6, 6.07) is 0.302. The molecule has 2 atom stereocenters. The second-order valence-corrected chi connectivity index (χ2v) is 7.75. The van der Waals surface area contributed by atoms with Gasteiger partial charge in [-0.15, -0.1) is 0 Å². The lowest BCUT2D eigenvalue weighted by atomic mass is 10.1. The Hall–Kier alpha value is -1.34. The summed E-state index contributed by atoms with van der Waals surface area (Å²) in [5.74, 6) is 1.67. The number of nitrogens with zero attached hydrogens (tertiary/aromatic N) is 4. The molecule has 2 fully saturated rings. The molecule has 2 saturated heterocycles. The Morgan fingerprint density at radius 1 is 1.19 bits per heavy atom. The molecule has 0 aromatic rings. The van der Waals surface area contributed by atoms with Crippen LogP contribution in [0.5, 0.6) is 0 Å². The van der Waals surface area contributed by atoms with E-state index in [1.807, 2.05) is 11.8 Å². The lowest BCUT2D eigenvalue weighted by Crippen LogP contribution is -2.46. The van der Waals surface area contributed by atoms with Gasteiger partial charge in [0, 0.05) is 71.4 Å². The molecule has 2 N–H and O–H groups in total. The molecule has 0 aliphatic carbocycles. The Balaban J connectivity index is 1.77. The molecule has 0 radical (unpaired) electrons. The number of amides is 1. The molecular weight excluding hydrogens is 328 g/mol. The van der Waals surface area contributed by atoms with Gasteiger partial charge in [0.05, 0.1) is 0 Å². The Morgan fingerprint density at radius 3 is 2.58 bits per heavy atom. The van der Waals surface area contributed by atoms with Crippen LogP contribution in [0, 0.1) is 5.92 Å². The second kappa shape index (κ2) is 10.7. The number of hydrogen-bond donors (Lipinski definition) is 2. The van der Waals surface area contributed by atoms with Gasteiger partial charge in [0.25, 0.3) is 0 Å². The lowest BCUT2D eigenvalue weighted by Gasteiger charge is -2.33. The van der Waals surface area contributed by atoms with E-state index in [1.54, 1.807) is 0 Å². The minimum Gasteiger partial charge on any atom is -0.357 e. The molecule has 0 aromatic carbocycles. The lowest BCUT2D eigenvalue weighted by molar-refractivity contribution is -0.129. The molecule has 2 unspecified atom stereocenters. The highest BCUT2D eigenvalue weighted by atomic mass is 16.2. The summed E-state index contributed by atoms with van der Waals surface area (Å²) in [6.07, 6.45) is 1.58. The van der Waals surface area contributed by atoms with Gasteiger partial charge in [0.1, 0.15) is 0 Å². The summed E-state index contributed by atoms with van der Waals surface area (Å²) in [6.45, 7) is 15.4. The smallest absolute Gasteiger partial charge is 0.222 e. The number of carbonyl (C=O) groups excluding carboxylic acids is 1. The molecule has 7 heteroatoms. The van der Waals surface area contributed by atoms with Crippen LogP contribution < -0.4 is 10.6 Å². The summed E-state index contributed by atoms with van der Waals surface area (Å²) in [4.78, 5) is 23.5. The average molecular weight is 367 g/mol. The molecule has 2 aliphatic rings. The number of nitrogens with one attached hydrogen (secondary N) is 2. The van der Waals surface area contributed by atoms with Crippen molar-refractivity contribution in [2.75, 3.05) is 66.0 Å². The maximum Gasteiger partial charge on any atom is 0.222 e. The Labute approximate surface area is 159 Å². The van der Waals surface area contributed by atoms with E-state index in [2.05, 4.69) is 41.3 Å². The molecule has 2 aliphatic heterocycles. The highest BCUT2D eigenvalue weighted by Gasteiger charge is 2.25. The summed E-state index contributed by atoms with van der Waals surface area (Å²) in [5.41, 5.74) is 0. The minimum absolute atomic E-state index is 0.247.